The largest absolute Gasteiger partial charge is 0.489 e. The van der Waals surface area contributed by atoms with Crippen LogP contribution in [0.25, 0.3) is 10.1 Å². The van der Waals surface area contributed by atoms with Crippen molar-refractivity contribution >= 4 is 39.2 Å². The molecule has 4 aromatic rings. The van der Waals surface area contributed by atoms with Crippen LogP contribution >= 0.6 is 23.1 Å². The summed E-state index contributed by atoms with van der Waals surface area (Å²) in [7, 11) is 0. The molecule has 1 aliphatic heterocycles. The van der Waals surface area contributed by atoms with Crippen LogP contribution in [0.2, 0.25) is 5.15 Å². The van der Waals surface area contributed by atoms with Gasteiger partial charge >= 0.3 is 5.97 Å². The summed E-state index contributed by atoms with van der Waals surface area (Å²) in [5, 5.41) is 1.10. The van der Waals surface area contributed by atoms with E-state index in [1.54, 1.807) is 25.5 Å². The Balaban J connectivity index is 1.31. The van der Waals surface area contributed by atoms with Crippen molar-refractivity contribution in [3.05, 3.63) is 70.5 Å². The number of rotatable bonds is 10. The van der Waals surface area contributed by atoms with Crippen molar-refractivity contribution in [1.29, 1.82) is 0 Å². The maximum Gasteiger partial charge on any atom is 0.347 e. The second kappa shape index (κ2) is 12.7. The van der Waals surface area contributed by atoms with Crippen molar-refractivity contribution in [2.45, 2.75) is 51.7 Å². The van der Waals surface area contributed by atoms with E-state index in [0.29, 0.717) is 22.7 Å². The third kappa shape index (κ3) is 6.46. The van der Waals surface area contributed by atoms with E-state index in [1.165, 1.54) is 11.5 Å². The molecule has 0 bridgehead atoms. The van der Waals surface area contributed by atoms with Crippen LogP contribution in [0.3, 0.4) is 0 Å². The Bertz CT molecular complexity index is 1430. The number of hydrogen-bond acceptors (Lipinski definition) is 10. The monoisotopic (exact) mass is 568 g/mol. The van der Waals surface area contributed by atoms with E-state index < -0.39 is 12.1 Å². The topological polar surface area (TPSA) is 106 Å². The zero-order valence-corrected chi connectivity index (χ0v) is 23.3. The molecule has 0 N–H and O–H groups in total. The standard InChI is InChI=1S/C28H29ClN4O5S/c1-3-36-28(34)22(38-27-24-17(2)25(29)30-15-23(24)39-33-27)12-20-6-4-5-7-21(20)37-16-18-13-31-26(32-14-18)19-8-10-35-11-9-19/h4-7,13-15,19,22H,3,8-12,16H2,1-2H3. The SMILES string of the molecule is CCOC(=O)C(Cc1ccccc1OCc1cnc(C2CCOCC2)nc1)Oc1nsc2cnc(Cl)c(C)c12. The van der Waals surface area contributed by atoms with E-state index in [4.69, 9.17) is 30.5 Å². The molecule has 0 spiro atoms. The summed E-state index contributed by atoms with van der Waals surface area (Å²) in [4.78, 5) is 26.2. The van der Waals surface area contributed by atoms with Crippen LogP contribution in [0.4, 0.5) is 0 Å². The Morgan fingerprint density at radius 2 is 1.92 bits per heavy atom. The first-order valence-corrected chi connectivity index (χ1v) is 14.0. The molecule has 0 aliphatic carbocycles. The fraction of sp³-hybridized carbons (Fsp3) is 0.393. The van der Waals surface area contributed by atoms with Gasteiger partial charge in [0.05, 0.1) is 16.7 Å². The van der Waals surface area contributed by atoms with Crippen molar-refractivity contribution in [1.82, 2.24) is 19.3 Å². The van der Waals surface area contributed by atoms with Crippen molar-refractivity contribution < 1.29 is 23.7 Å². The molecule has 1 aliphatic rings. The Hall–Kier alpha value is -3.34. The van der Waals surface area contributed by atoms with Crippen LogP contribution < -0.4 is 9.47 Å². The molecule has 0 amide bonds. The van der Waals surface area contributed by atoms with Gasteiger partial charge in [-0.2, -0.15) is 4.37 Å². The highest BCUT2D eigenvalue weighted by atomic mass is 35.5. The van der Waals surface area contributed by atoms with Gasteiger partial charge in [-0.25, -0.2) is 19.7 Å². The molecule has 1 fully saturated rings. The average molecular weight is 569 g/mol. The summed E-state index contributed by atoms with van der Waals surface area (Å²) in [5.74, 6) is 1.66. The summed E-state index contributed by atoms with van der Waals surface area (Å²) in [5.41, 5.74) is 2.40. The highest BCUT2D eigenvalue weighted by Crippen LogP contribution is 2.35. The number of halogens is 1. The van der Waals surface area contributed by atoms with Gasteiger partial charge in [0.2, 0.25) is 12.0 Å². The number of nitrogens with zero attached hydrogens (tertiary/aromatic N) is 4. The van der Waals surface area contributed by atoms with Crippen molar-refractivity contribution in [3.63, 3.8) is 0 Å². The fourth-order valence-electron chi connectivity index (χ4n) is 4.44. The molecule has 1 saturated heterocycles. The Morgan fingerprint density at radius 3 is 2.69 bits per heavy atom. The van der Waals surface area contributed by atoms with Gasteiger partial charge in [0, 0.05) is 55.3 Å². The number of carbonyl (C=O) groups is 1. The summed E-state index contributed by atoms with van der Waals surface area (Å²) in [6.07, 6.45) is 6.43. The molecule has 204 valence electrons. The molecule has 3 aromatic heterocycles. The Labute approximate surface area is 235 Å². The van der Waals surface area contributed by atoms with Gasteiger partial charge in [0.25, 0.3) is 0 Å². The fourth-order valence-corrected chi connectivity index (χ4v) is 5.33. The van der Waals surface area contributed by atoms with E-state index in [9.17, 15) is 4.79 Å². The molecular formula is C28H29ClN4O5S. The molecule has 5 rings (SSSR count). The minimum atomic E-state index is -0.937. The third-order valence-electron chi connectivity index (χ3n) is 6.55. The van der Waals surface area contributed by atoms with Gasteiger partial charge in [-0.05, 0) is 49.9 Å². The summed E-state index contributed by atoms with van der Waals surface area (Å²) >= 11 is 7.48. The predicted molar refractivity (Wildman–Crippen MR) is 148 cm³/mol. The van der Waals surface area contributed by atoms with E-state index in [1.807, 2.05) is 31.2 Å². The minimum Gasteiger partial charge on any atom is -0.489 e. The van der Waals surface area contributed by atoms with Crippen molar-refractivity contribution in [2.24, 2.45) is 0 Å². The molecular weight excluding hydrogens is 540 g/mol. The zero-order chi connectivity index (χ0) is 27.2. The smallest absolute Gasteiger partial charge is 0.347 e. The second-order valence-electron chi connectivity index (χ2n) is 9.20. The summed E-state index contributed by atoms with van der Waals surface area (Å²) < 4.78 is 28.3. The lowest BCUT2D eigenvalue weighted by molar-refractivity contribution is -0.151. The number of esters is 1. The van der Waals surface area contributed by atoms with Crippen LogP contribution in [0.15, 0.2) is 42.9 Å². The lowest BCUT2D eigenvalue weighted by atomic mass is 9.99. The molecule has 11 heteroatoms. The maximum atomic E-state index is 12.9. The van der Waals surface area contributed by atoms with Gasteiger partial charge in [-0.15, -0.1) is 0 Å². The number of pyridine rings is 1. The van der Waals surface area contributed by atoms with Crippen LogP contribution in [-0.4, -0.2) is 51.2 Å². The highest BCUT2D eigenvalue weighted by molar-refractivity contribution is 7.13. The Morgan fingerprint density at radius 1 is 1.15 bits per heavy atom. The summed E-state index contributed by atoms with van der Waals surface area (Å²) in [6, 6.07) is 7.55. The van der Waals surface area contributed by atoms with Crippen molar-refractivity contribution in [3.8, 4) is 11.6 Å². The van der Waals surface area contributed by atoms with E-state index in [-0.39, 0.29) is 19.6 Å². The van der Waals surface area contributed by atoms with Crippen LogP contribution in [-0.2, 0) is 27.3 Å². The normalized spacial score (nSPS) is 14.7. The number of hydrogen-bond donors (Lipinski definition) is 0. The quantitative estimate of drug-likeness (QED) is 0.182. The van der Waals surface area contributed by atoms with Gasteiger partial charge < -0.3 is 18.9 Å². The van der Waals surface area contributed by atoms with Crippen LogP contribution in [0, 0.1) is 6.92 Å². The number of aromatic nitrogens is 4. The average Bonchev–Trinajstić information content (AvgIpc) is 3.38. The second-order valence-corrected chi connectivity index (χ2v) is 10.4. The van der Waals surface area contributed by atoms with Gasteiger partial charge in [-0.3, -0.25) is 0 Å². The number of para-hydroxylation sites is 1. The van der Waals surface area contributed by atoms with E-state index in [0.717, 1.165) is 58.7 Å². The number of ether oxygens (including phenoxy) is 4. The molecule has 0 radical (unpaired) electrons. The van der Waals surface area contributed by atoms with Gasteiger partial charge in [0.1, 0.15) is 23.3 Å². The number of fused-ring (bicyclic) bond motifs is 1. The third-order valence-corrected chi connectivity index (χ3v) is 7.70. The van der Waals surface area contributed by atoms with Crippen LogP contribution in [0.1, 0.15) is 48.2 Å². The molecule has 39 heavy (non-hydrogen) atoms. The lowest BCUT2D eigenvalue weighted by Crippen LogP contribution is -2.32. The van der Waals surface area contributed by atoms with Crippen molar-refractivity contribution in [2.75, 3.05) is 19.8 Å². The first-order chi connectivity index (χ1) is 19.0. The Kier molecular flexibility index (Phi) is 8.85. The molecule has 1 unspecified atom stereocenters. The first kappa shape index (κ1) is 27.2. The minimum absolute atomic E-state index is 0.227. The molecule has 1 aromatic carbocycles. The van der Waals surface area contributed by atoms with Gasteiger partial charge in [-0.1, -0.05) is 29.8 Å². The highest BCUT2D eigenvalue weighted by Gasteiger charge is 2.27. The van der Waals surface area contributed by atoms with Gasteiger partial charge in [0.15, 0.2) is 0 Å². The molecule has 0 saturated carbocycles. The summed E-state index contributed by atoms with van der Waals surface area (Å²) in [6.45, 7) is 5.62. The molecule has 9 nitrogen and oxygen atoms in total. The maximum absolute atomic E-state index is 12.9. The molecule has 4 heterocycles. The van der Waals surface area contributed by atoms with Crippen LogP contribution in [0.5, 0.6) is 11.6 Å². The number of carbonyl (C=O) groups excluding carboxylic acids is 1. The number of benzene rings is 1. The first-order valence-electron chi connectivity index (χ1n) is 12.9. The van der Waals surface area contributed by atoms with E-state index in [2.05, 4.69) is 19.3 Å². The molecule has 1 atom stereocenters. The predicted octanol–water partition coefficient (Wildman–Crippen LogP) is 5.47. The van der Waals surface area contributed by atoms with E-state index >= 15 is 0 Å². The lowest BCUT2D eigenvalue weighted by Gasteiger charge is -2.20. The zero-order valence-electron chi connectivity index (χ0n) is 21.8. The number of aryl methyl sites for hydroxylation is 1.